The van der Waals surface area contributed by atoms with Crippen LogP contribution in [0.15, 0.2) is 66.9 Å². The Balaban J connectivity index is 1.95. The Bertz CT molecular complexity index is 798. The molecule has 0 fully saturated rings. The highest BCUT2D eigenvalue weighted by Gasteiger charge is 2.22. The highest BCUT2D eigenvalue weighted by molar-refractivity contribution is 5.96. The number of benzene rings is 2. The van der Waals surface area contributed by atoms with Crippen LogP contribution in [-0.4, -0.2) is 16.3 Å². The maximum atomic E-state index is 12.7. The quantitative estimate of drug-likeness (QED) is 0.746. The van der Waals surface area contributed by atoms with Gasteiger partial charge in [-0.15, -0.1) is 0 Å². The minimum absolute atomic E-state index is 0.360. The van der Waals surface area contributed by atoms with Crippen LogP contribution < -0.4 is 9.64 Å². The summed E-state index contributed by atoms with van der Waals surface area (Å²) < 4.78 is 5.49. The summed E-state index contributed by atoms with van der Waals surface area (Å²) in [5, 5.41) is 6.77. The maximum absolute atomic E-state index is 12.7. The summed E-state index contributed by atoms with van der Waals surface area (Å²) in [5.74, 6) is 1.41. The summed E-state index contributed by atoms with van der Waals surface area (Å²) in [6.07, 6.45) is 1.11. The van der Waals surface area contributed by atoms with Crippen molar-refractivity contribution in [2.24, 2.45) is 0 Å². The minimum Gasteiger partial charge on any atom is -0.410 e. The number of carbonyl (C=O) groups excluding carboxylic acids is 1. The smallest absolute Gasteiger partial charge is 0.410 e. The van der Waals surface area contributed by atoms with Crippen LogP contribution in [0.25, 0.3) is 0 Å². The number of carbonyl (C=O) groups is 1. The van der Waals surface area contributed by atoms with Gasteiger partial charge in [0.2, 0.25) is 0 Å². The Morgan fingerprint density at radius 3 is 2.54 bits per heavy atom. The number of hydrogen-bond donors (Lipinski definition) is 1. The number of anilines is 2. The van der Waals surface area contributed by atoms with E-state index in [-0.39, 0.29) is 0 Å². The van der Waals surface area contributed by atoms with E-state index in [4.69, 9.17) is 4.74 Å². The molecule has 1 heterocycles. The molecule has 0 unspecified atom stereocenters. The zero-order valence-electron chi connectivity index (χ0n) is 13.6. The van der Waals surface area contributed by atoms with E-state index in [9.17, 15) is 4.79 Å². The fourth-order valence-corrected chi connectivity index (χ4v) is 2.37. The van der Waals surface area contributed by atoms with Crippen molar-refractivity contribution in [3.05, 3.63) is 72.4 Å². The second-order valence-electron chi connectivity index (χ2n) is 5.71. The van der Waals surface area contributed by atoms with E-state index in [2.05, 4.69) is 24.0 Å². The first-order valence-corrected chi connectivity index (χ1v) is 7.81. The van der Waals surface area contributed by atoms with Gasteiger partial charge in [-0.05, 0) is 35.7 Å². The maximum Gasteiger partial charge on any atom is 0.425 e. The third-order valence-electron chi connectivity index (χ3n) is 3.65. The standard InChI is InChI=1S/C19H19N3O2/c1-14(2)15-7-6-8-16(13-15)22(18-11-12-20-21-18)19(23)24-17-9-4-3-5-10-17/h3-14H,1-2H3,(H,20,21). The van der Waals surface area contributed by atoms with Crippen LogP contribution in [-0.2, 0) is 0 Å². The van der Waals surface area contributed by atoms with Crippen molar-refractivity contribution >= 4 is 17.6 Å². The molecule has 0 bridgehead atoms. The lowest BCUT2D eigenvalue weighted by atomic mass is 10.0. The highest BCUT2D eigenvalue weighted by Crippen LogP contribution is 2.28. The molecule has 0 radical (unpaired) electrons. The van der Waals surface area contributed by atoms with Gasteiger partial charge in [-0.2, -0.15) is 5.10 Å². The molecule has 122 valence electrons. The molecule has 0 atom stereocenters. The largest absolute Gasteiger partial charge is 0.425 e. The molecule has 1 amide bonds. The van der Waals surface area contributed by atoms with Crippen LogP contribution in [0.2, 0.25) is 0 Å². The van der Waals surface area contributed by atoms with Crippen LogP contribution in [0.3, 0.4) is 0 Å². The molecule has 0 spiro atoms. The molecule has 1 aromatic heterocycles. The second-order valence-corrected chi connectivity index (χ2v) is 5.71. The average Bonchev–Trinajstić information content (AvgIpc) is 3.10. The van der Waals surface area contributed by atoms with Crippen molar-refractivity contribution < 1.29 is 9.53 Å². The van der Waals surface area contributed by atoms with E-state index in [1.54, 1.807) is 24.4 Å². The summed E-state index contributed by atoms with van der Waals surface area (Å²) >= 11 is 0. The van der Waals surface area contributed by atoms with Crippen molar-refractivity contribution in [1.29, 1.82) is 0 Å². The Morgan fingerprint density at radius 2 is 1.88 bits per heavy atom. The number of nitrogens with one attached hydrogen (secondary N) is 1. The van der Waals surface area contributed by atoms with Gasteiger partial charge in [-0.25, -0.2) is 9.69 Å². The fourth-order valence-electron chi connectivity index (χ4n) is 2.37. The molecule has 0 saturated carbocycles. The van der Waals surface area contributed by atoms with Crippen LogP contribution in [0.1, 0.15) is 25.3 Å². The lowest BCUT2D eigenvalue weighted by molar-refractivity contribution is 0.210. The van der Waals surface area contributed by atoms with Crippen LogP contribution >= 0.6 is 0 Å². The first-order valence-electron chi connectivity index (χ1n) is 7.81. The number of ether oxygens (including phenoxy) is 1. The van der Waals surface area contributed by atoms with Crippen molar-refractivity contribution in [2.45, 2.75) is 19.8 Å². The van der Waals surface area contributed by atoms with Crippen LogP contribution in [0, 0.1) is 0 Å². The average molecular weight is 321 g/mol. The lowest BCUT2D eigenvalue weighted by Gasteiger charge is -2.21. The summed E-state index contributed by atoms with van der Waals surface area (Å²) in [5.41, 5.74) is 1.87. The SMILES string of the molecule is CC(C)c1cccc(N(C(=O)Oc2ccccc2)c2ccn[nH]2)c1. The van der Waals surface area contributed by atoms with E-state index < -0.39 is 6.09 Å². The van der Waals surface area contributed by atoms with Gasteiger partial charge in [-0.1, -0.05) is 44.2 Å². The summed E-state index contributed by atoms with van der Waals surface area (Å²) in [6, 6.07) is 18.6. The highest BCUT2D eigenvalue weighted by atomic mass is 16.6. The molecular weight excluding hydrogens is 302 g/mol. The zero-order chi connectivity index (χ0) is 16.9. The third kappa shape index (κ3) is 3.46. The number of aromatic amines is 1. The zero-order valence-corrected chi connectivity index (χ0v) is 13.6. The van der Waals surface area contributed by atoms with Gasteiger partial charge in [0, 0.05) is 6.07 Å². The van der Waals surface area contributed by atoms with Crippen molar-refractivity contribution in [2.75, 3.05) is 4.90 Å². The van der Waals surface area contributed by atoms with Crippen molar-refractivity contribution in [1.82, 2.24) is 10.2 Å². The van der Waals surface area contributed by atoms with Gasteiger partial charge in [0.1, 0.15) is 11.6 Å². The number of rotatable bonds is 4. The minimum atomic E-state index is -0.494. The molecule has 3 aromatic rings. The van der Waals surface area contributed by atoms with Crippen molar-refractivity contribution in [3.63, 3.8) is 0 Å². The molecule has 0 aliphatic heterocycles. The Morgan fingerprint density at radius 1 is 1.08 bits per heavy atom. The number of H-pyrrole nitrogens is 1. The molecule has 2 aromatic carbocycles. The lowest BCUT2D eigenvalue weighted by Crippen LogP contribution is -2.29. The molecule has 1 N–H and O–H groups in total. The van der Waals surface area contributed by atoms with Gasteiger partial charge in [0.05, 0.1) is 11.9 Å². The molecule has 3 rings (SSSR count). The predicted octanol–water partition coefficient (Wildman–Crippen LogP) is 4.87. The molecule has 5 nitrogen and oxygen atoms in total. The normalized spacial score (nSPS) is 10.6. The molecule has 0 aliphatic carbocycles. The number of hydrogen-bond acceptors (Lipinski definition) is 3. The molecular formula is C19H19N3O2. The summed E-state index contributed by atoms with van der Waals surface area (Å²) in [7, 11) is 0. The van der Waals surface area contributed by atoms with Crippen LogP contribution in [0.4, 0.5) is 16.3 Å². The number of amides is 1. The topological polar surface area (TPSA) is 58.2 Å². The third-order valence-corrected chi connectivity index (χ3v) is 3.65. The van der Waals surface area contributed by atoms with Gasteiger partial charge in [-0.3, -0.25) is 5.10 Å². The number of nitrogens with zero attached hydrogens (tertiary/aromatic N) is 2. The first kappa shape index (κ1) is 15.8. The summed E-state index contributed by atoms with van der Waals surface area (Å²) in [4.78, 5) is 14.2. The number of aromatic nitrogens is 2. The number of para-hydroxylation sites is 1. The van der Waals surface area contributed by atoms with E-state index in [0.717, 1.165) is 11.3 Å². The van der Waals surface area contributed by atoms with E-state index in [1.165, 1.54) is 4.90 Å². The van der Waals surface area contributed by atoms with E-state index >= 15 is 0 Å². The fraction of sp³-hybridized carbons (Fsp3) is 0.158. The Hall–Kier alpha value is -3.08. The molecule has 0 saturated heterocycles. The predicted molar refractivity (Wildman–Crippen MR) is 93.7 cm³/mol. The van der Waals surface area contributed by atoms with E-state index in [1.807, 2.05) is 42.5 Å². The van der Waals surface area contributed by atoms with Gasteiger partial charge in [0.25, 0.3) is 0 Å². The first-order chi connectivity index (χ1) is 11.6. The van der Waals surface area contributed by atoms with Crippen LogP contribution in [0.5, 0.6) is 5.75 Å². The van der Waals surface area contributed by atoms with Crippen molar-refractivity contribution in [3.8, 4) is 5.75 Å². The van der Waals surface area contributed by atoms with Gasteiger partial charge in [0.15, 0.2) is 0 Å². The Kier molecular flexibility index (Phi) is 4.61. The molecule has 5 heteroatoms. The second kappa shape index (κ2) is 7.00. The summed E-state index contributed by atoms with van der Waals surface area (Å²) in [6.45, 7) is 4.23. The van der Waals surface area contributed by atoms with E-state index in [0.29, 0.717) is 17.5 Å². The molecule has 0 aliphatic rings. The Labute approximate surface area is 140 Å². The van der Waals surface area contributed by atoms with Gasteiger partial charge >= 0.3 is 6.09 Å². The monoisotopic (exact) mass is 321 g/mol. The molecule has 24 heavy (non-hydrogen) atoms. The van der Waals surface area contributed by atoms with Gasteiger partial charge < -0.3 is 4.74 Å².